The first-order valence-electron chi connectivity index (χ1n) is 6.04. The van der Waals surface area contributed by atoms with Crippen molar-refractivity contribution in [2.45, 2.75) is 31.7 Å². The Labute approximate surface area is 122 Å². The third kappa shape index (κ3) is 2.71. The summed E-state index contributed by atoms with van der Waals surface area (Å²) in [6.45, 7) is 6.57. The van der Waals surface area contributed by atoms with E-state index in [1.807, 2.05) is 11.5 Å². The molecule has 4 nitrogen and oxygen atoms in total. The van der Waals surface area contributed by atoms with Gasteiger partial charge in [-0.05, 0) is 26.8 Å². The second-order valence-electron chi connectivity index (χ2n) is 5.16. The van der Waals surface area contributed by atoms with Gasteiger partial charge in [-0.3, -0.25) is 0 Å². The van der Waals surface area contributed by atoms with Gasteiger partial charge in [0.05, 0.1) is 22.5 Å². The third-order valence-corrected chi connectivity index (χ3v) is 3.35. The van der Waals surface area contributed by atoms with Crippen LogP contribution >= 0.6 is 23.2 Å². The van der Waals surface area contributed by atoms with Crippen LogP contribution in [-0.2, 0) is 10.3 Å². The molecule has 1 unspecified atom stereocenters. The molecule has 0 spiro atoms. The van der Waals surface area contributed by atoms with Crippen LogP contribution in [0.1, 0.15) is 32.0 Å². The summed E-state index contributed by atoms with van der Waals surface area (Å²) >= 11 is 12.2. The highest BCUT2D eigenvalue weighted by molar-refractivity contribution is 6.31. The van der Waals surface area contributed by atoms with Crippen molar-refractivity contribution in [2.24, 2.45) is 0 Å². The Morgan fingerprint density at radius 1 is 1.47 bits per heavy atom. The molecule has 0 aromatic carbocycles. The van der Waals surface area contributed by atoms with Crippen LogP contribution in [-0.4, -0.2) is 28.3 Å². The SMILES string of the molecule is COCC(C)(C)n1c(C(C)Cl)nc2cc(Cl)cnc21. The number of pyridine rings is 1. The summed E-state index contributed by atoms with van der Waals surface area (Å²) in [5.41, 5.74) is 1.23. The normalized spacial score (nSPS) is 14.0. The molecule has 19 heavy (non-hydrogen) atoms. The highest BCUT2D eigenvalue weighted by Gasteiger charge is 2.28. The molecule has 2 aromatic heterocycles. The Hall–Kier alpha value is -0.840. The smallest absolute Gasteiger partial charge is 0.160 e. The van der Waals surface area contributed by atoms with E-state index < -0.39 is 0 Å². The standard InChI is InChI=1S/C13H17Cl2N3O/c1-8(14)11-17-10-5-9(15)6-16-12(10)18(11)13(2,3)7-19-4/h5-6,8H,7H2,1-4H3. The van der Waals surface area contributed by atoms with Crippen molar-refractivity contribution in [3.05, 3.63) is 23.1 Å². The minimum atomic E-state index is -0.289. The average Bonchev–Trinajstić information content (AvgIpc) is 2.67. The molecule has 6 heteroatoms. The number of nitrogens with zero attached hydrogens (tertiary/aromatic N) is 3. The van der Waals surface area contributed by atoms with Crippen LogP contribution in [0.25, 0.3) is 11.2 Å². The molecule has 0 saturated heterocycles. The van der Waals surface area contributed by atoms with Crippen LogP contribution in [0.2, 0.25) is 5.02 Å². The Bertz CT molecular complexity index is 593. The molecule has 0 bridgehead atoms. The van der Waals surface area contributed by atoms with Gasteiger partial charge in [0.15, 0.2) is 5.65 Å². The number of hydrogen-bond donors (Lipinski definition) is 0. The summed E-state index contributed by atoms with van der Waals surface area (Å²) in [7, 11) is 1.68. The summed E-state index contributed by atoms with van der Waals surface area (Å²) in [6, 6.07) is 1.80. The molecular formula is C13H17Cl2N3O. The lowest BCUT2D eigenvalue weighted by molar-refractivity contribution is 0.110. The number of aromatic nitrogens is 3. The van der Waals surface area contributed by atoms with Crippen molar-refractivity contribution >= 4 is 34.4 Å². The van der Waals surface area contributed by atoms with E-state index in [-0.39, 0.29) is 10.9 Å². The van der Waals surface area contributed by atoms with E-state index in [0.29, 0.717) is 11.6 Å². The van der Waals surface area contributed by atoms with E-state index in [4.69, 9.17) is 27.9 Å². The molecule has 0 amide bonds. The van der Waals surface area contributed by atoms with E-state index in [0.717, 1.165) is 17.0 Å². The second kappa shape index (κ2) is 5.27. The Morgan fingerprint density at radius 3 is 2.74 bits per heavy atom. The fraction of sp³-hybridized carbons (Fsp3) is 0.538. The van der Waals surface area contributed by atoms with Crippen molar-refractivity contribution in [3.63, 3.8) is 0 Å². The zero-order valence-corrected chi connectivity index (χ0v) is 13.0. The quantitative estimate of drug-likeness (QED) is 0.807. The number of rotatable bonds is 4. The Balaban J connectivity index is 2.72. The fourth-order valence-electron chi connectivity index (χ4n) is 2.24. The van der Waals surface area contributed by atoms with Crippen molar-refractivity contribution in [1.82, 2.24) is 14.5 Å². The fourth-order valence-corrected chi connectivity index (χ4v) is 2.54. The van der Waals surface area contributed by atoms with Crippen LogP contribution in [0.15, 0.2) is 12.3 Å². The van der Waals surface area contributed by atoms with Gasteiger partial charge in [0, 0.05) is 13.3 Å². The van der Waals surface area contributed by atoms with Gasteiger partial charge in [0.2, 0.25) is 0 Å². The summed E-state index contributed by atoms with van der Waals surface area (Å²) < 4.78 is 7.32. The zero-order chi connectivity index (χ0) is 14.2. The lowest BCUT2D eigenvalue weighted by Crippen LogP contribution is -2.33. The summed E-state index contributed by atoms with van der Waals surface area (Å²) in [5, 5.41) is 0.347. The summed E-state index contributed by atoms with van der Waals surface area (Å²) in [5.74, 6) is 0.772. The minimum Gasteiger partial charge on any atom is -0.382 e. The number of imidazole rings is 1. The maximum atomic E-state index is 6.24. The average molecular weight is 302 g/mol. The molecule has 2 aromatic rings. The predicted molar refractivity (Wildman–Crippen MR) is 78.0 cm³/mol. The van der Waals surface area contributed by atoms with E-state index in [1.54, 1.807) is 19.4 Å². The van der Waals surface area contributed by atoms with Gasteiger partial charge in [-0.25, -0.2) is 9.97 Å². The molecule has 0 aliphatic heterocycles. The minimum absolute atomic E-state index is 0.218. The first kappa shape index (κ1) is 14.6. The second-order valence-corrected chi connectivity index (χ2v) is 6.25. The van der Waals surface area contributed by atoms with Gasteiger partial charge < -0.3 is 9.30 Å². The summed E-state index contributed by atoms with van der Waals surface area (Å²) in [4.78, 5) is 8.94. The third-order valence-electron chi connectivity index (χ3n) is 2.95. The van der Waals surface area contributed by atoms with Crippen LogP contribution in [0.3, 0.4) is 0 Å². The van der Waals surface area contributed by atoms with Crippen LogP contribution in [0.4, 0.5) is 0 Å². The van der Waals surface area contributed by atoms with Crippen LogP contribution < -0.4 is 0 Å². The highest BCUT2D eigenvalue weighted by Crippen LogP contribution is 2.31. The topological polar surface area (TPSA) is 39.9 Å². The van der Waals surface area contributed by atoms with Gasteiger partial charge in [0.25, 0.3) is 0 Å². The maximum Gasteiger partial charge on any atom is 0.160 e. The zero-order valence-electron chi connectivity index (χ0n) is 11.4. The number of hydrogen-bond acceptors (Lipinski definition) is 3. The summed E-state index contributed by atoms with van der Waals surface area (Å²) in [6.07, 6.45) is 1.62. The number of alkyl halides is 1. The molecule has 0 aliphatic rings. The monoisotopic (exact) mass is 301 g/mol. The lowest BCUT2D eigenvalue weighted by atomic mass is 10.1. The van der Waals surface area contributed by atoms with E-state index in [9.17, 15) is 0 Å². The number of fused-ring (bicyclic) bond motifs is 1. The molecule has 1 atom stereocenters. The Kier molecular flexibility index (Phi) is 4.04. The van der Waals surface area contributed by atoms with E-state index in [1.165, 1.54) is 0 Å². The van der Waals surface area contributed by atoms with Gasteiger partial charge in [-0.15, -0.1) is 11.6 Å². The lowest BCUT2D eigenvalue weighted by Gasteiger charge is -2.28. The van der Waals surface area contributed by atoms with Gasteiger partial charge >= 0.3 is 0 Å². The first-order valence-corrected chi connectivity index (χ1v) is 6.85. The number of methoxy groups -OCH3 is 1. The molecule has 2 rings (SSSR count). The number of ether oxygens (including phenoxy) is 1. The molecule has 0 fully saturated rings. The van der Waals surface area contributed by atoms with Crippen LogP contribution in [0.5, 0.6) is 0 Å². The van der Waals surface area contributed by atoms with Crippen molar-refractivity contribution < 1.29 is 4.74 Å². The largest absolute Gasteiger partial charge is 0.382 e. The molecule has 104 valence electrons. The van der Waals surface area contributed by atoms with Crippen molar-refractivity contribution in [3.8, 4) is 0 Å². The highest BCUT2D eigenvalue weighted by atomic mass is 35.5. The molecule has 0 N–H and O–H groups in total. The van der Waals surface area contributed by atoms with Crippen molar-refractivity contribution in [2.75, 3.05) is 13.7 Å². The van der Waals surface area contributed by atoms with Gasteiger partial charge in [-0.1, -0.05) is 11.6 Å². The maximum absolute atomic E-state index is 6.24. The van der Waals surface area contributed by atoms with Crippen LogP contribution in [0, 0.1) is 0 Å². The molecule has 0 aliphatic carbocycles. The van der Waals surface area contributed by atoms with E-state index in [2.05, 4.69) is 23.8 Å². The first-order chi connectivity index (χ1) is 8.86. The Morgan fingerprint density at radius 2 is 2.16 bits per heavy atom. The van der Waals surface area contributed by atoms with Crippen molar-refractivity contribution in [1.29, 1.82) is 0 Å². The van der Waals surface area contributed by atoms with Gasteiger partial charge in [-0.2, -0.15) is 0 Å². The molecule has 0 radical (unpaired) electrons. The van der Waals surface area contributed by atoms with Gasteiger partial charge in [0.1, 0.15) is 11.3 Å². The molecule has 0 saturated carbocycles. The predicted octanol–water partition coefficient (Wildman–Crippen LogP) is 3.77. The number of halogens is 2. The van der Waals surface area contributed by atoms with E-state index >= 15 is 0 Å². The molecule has 2 heterocycles. The molecular weight excluding hydrogens is 285 g/mol.